The van der Waals surface area contributed by atoms with Gasteiger partial charge >= 0.3 is 6.09 Å². The Balaban J connectivity index is 1.79. The topological polar surface area (TPSA) is 73.3 Å². The van der Waals surface area contributed by atoms with E-state index < -0.39 is 13.9 Å². The van der Waals surface area contributed by atoms with Gasteiger partial charge < -0.3 is 14.5 Å². The molecule has 1 aliphatic carbocycles. The number of hydrogen-bond donors (Lipinski definition) is 1. The Kier molecular flexibility index (Phi) is 6.98. The maximum absolute atomic E-state index is 11.8. The highest BCUT2D eigenvalue weighted by atomic mass is 32.1. The number of alkyl carbamates (subject to hydrolysis) is 1. The molecule has 0 saturated heterocycles. The molecule has 160 valence electrons. The molecule has 28 heavy (non-hydrogen) atoms. The van der Waals surface area contributed by atoms with Crippen LogP contribution in [0.3, 0.4) is 0 Å². The predicted molar refractivity (Wildman–Crippen MR) is 116 cm³/mol. The number of nitrogens with zero attached hydrogens (tertiary/aromatic N) is 2. The summed E-state index contributed by atoms with van der Waals surface area (Å²) in [6.45, 7) is 19.0. The number of hydrogen-bond acceptors (Lipinski definition) is 6. The van der Waals surface area contributed by atoms with Crippen LogP contribution < -0.4 is 5.32 Å². The summed E-state index contributed by atoms with van der Waals surface area (Å²) in [4.78, 5) is 11.8. The monoisotopic (exact) mass is 427 g/mol. The fourth-order valence-electron chi connectivity index (χ4n) is 2.92. The van der Waals surface area contributed by atoms with Crippen molar-refractivity contribution in [3.63, 3.8) is 0 Å². The molecule has 1 amide bonds. The van der Waals surface area contributed by atoms with Crippen LogP contribution >= 0.6 is 11.3 Å². The Hall–Kier alpha value is -0.993. The summed E-state index contributed by atoms with van der Waals surface area (Å²) >= 11 is 1.66. The van der Waals surface area contributed by atoms with Gasteiger partial charge in [0.2, 0.25) is 0 Å². The average Bonchev–Trinajstić information content (AvgIpc) is 2.90. The van der Waals surface area contributed by atoms with E-state index in [1.54, 1.807) is 11.3 Å². The van der Waals surface area contributed by atoms with E-state index in [1.807, 2.05) is 20.8 Å². The quantitative estimate of drug-likeness (QED) is 0.610. The minimum Gasteiger partial charge on any atom is -0.444 e. The van der Waals surface area contributed by atoms with E-state index in [-0.39, 0.29) is 23.3 Å². The Morgan fingerprint density at radius 3 is 2.36 bits per heavy atom. The summed E-state index contributed by atoms with van der Waals surface area (Å²) in [6.07, 6.45) is 2.49. The Labute approximate surface area is 174 Å². The number of nitrogens with one attached hydrogen (secondary N) is 1. The second-order valence-electron chi connectivity index (χ2n) is 10.4. The van der Waals surface area contributed by atoms with Gasteiger partial charge in [0.05, 0.1) is 6.10 Å². The van der Waals surface area contributed by atoms with Crippen molar-refractivity contribution in [2.24, 2.45) is 5.92 Å². The average molecular weight is 428 g/mol. The first-order valence-corrected chi connectivity index (χ1v) is 13.9. The molecule has 1 atom stereocenters. The molecule has 0 unspecified atom stereocenters. The zero-order valence-electron chi connectivity index (χ0n) is 18.9. The molecule has 1 saturated carbocycles. The van der Waals surface area contributed by atoms with Crippen LogP contribution in [0.5, 0.6) is 0 Å². The predicted octanol–water partition coefficient (Wildman–Crippen LogP) is 5.47. The van der Waals surface area contributed by atoms with Crippen LogP contribution in [0.1, 0.15) is 77.4 Å². The standard InChI is InChI=1S/C20H37N3O3SSi/c1-13(26-28(8,9)20(5,6)7)17-23-22-16(27-17)12-14-10-15(11-14)21-18(24)25-19(2,3)4/h13-15H,10-12H2,1-9H3,(H,21,24)/t13-,14?,15?/m1/s1. The molecule has 1 heterocycles. The highest BCUT2D eigenvalue weighted by molar-refractivity contribution is 7.11. The largest absolute Gasteiger partial charge is 0.444 e. The van der Waals surface area contributed by atoms with Gasteiger partial charge in [-0.1, -0.05) is 32.1 Å². The number of aromatic nitrogens is 2. The van der Waals surface area contributed by atoms with Gasteiger partial charge in [-0.25, -0.2) is 4.79 Å². The molecule has 0 bridgehead atoms. The van der Waals surface area contributed by atoms with Gasteiger partial charge in [-0.05, 0) is 64.6 Å². The molecule has 8 heteroatoms. The summed E-state index contributed by atoms with van der Waals surface area (Å²) in [5.74, 6) is 0.539. The maximum Gasteiger partial charge on any atom is 0.407 e. The lowest BCUT2D eigenvalue weighted by Gasteiger charge is -2.37. The van der Waals surface area contributed by atoms with Gasteiger partial charge in [-0.15, -0.1) is 10.2 Å². The SMILES string of the molecule is C[C@@H](O[Si](C)(C)C(C)(C)C)c1nnc(CC2CC(NC(=O)OC(C)(C)C)C2)s1. The van der Waals surface area contributed by atoms with Gasteiger partial charge in [0.15, 0.2) is 8.32 Å². The van der Waals surface area contributed by atoms with Gasteiger partial charge in [-0.3, -0.25) is 0 Å². The van der Waals surface area contributed by atoms with Crippen molar-refractivity contribution >= 4 is 25.7 Å². The fraction of sp³-hybridized carbons (Fsp3) is 0.850. The number of ether oxygens (including phenoxy) is 1. The molecular formula is C20H37N3O3SSi. The van der Waals surface area contributed by atoms with E-state index in [0.717, 1.165) is 29.3 Å². The van der Waals surface area contributed by atoms with Gasteiger partial charge in [0.25, 0.3) is 0 Å². The van der Waals surface area contributed by atoms with Crippen molar-refractivity contribution in [1.29, 1.82) is 0 Å². The van der Waals surface area contributed by atoms with Crippen LogP contribution in [-0.2, 0) is 15.6 Å². The molecule has 1 aromatic rings. The maximum atomic E-state index is 11.8. The van der Waals surface area contributed by atoms with Crippen molar-refractivity contribution in [1.82, 2.24) is 15.5 Å². The second-order valence-corrected chi connectivity index (χ2v) is 16.3. The van der Waals surface area contributed by atoms with Crippen molar-refractivity contribution < 1.29 is 14.0 Å². The van der Waals surface area contributed by atoms with E-state index in [2.05, 4.69) is 56.3 Å². The van der Waals surface area contributed by atoms with Gasteiger partial charge in [0.1, 0.15) is 15.6 Å². The number of carbonyl (C=O) groups excluding carboxylic acids is 1. The van der Waals surface area contributed by atoms with E-state index >= 15 is 0 Å². The van der Waals surface area contributed by atoms with Crippen LogP contribution in [0.4, 0.5) is 4.79 Å². The van der Waals surface area contributed by atoms with E-state index in [1.165, 1.54) is 0 Å². The molecule has 1 aliphatic rings. The van der Waals surface area contributed by atoms with Crippen molar-refractivity contribution in [3.8, 4) is 0 Å². The molecule has 0 aromatic carbocycles. The minimum atomic E-state index is -1.82. The molecule has 0 radical (unpaired) electrons. The van der Waals surface area contributed by atoms with Crippen LogP contribution in [0.2, 0.25) is 18.1 Å². The third-order valence-corrected chi connectivity index (χ3v) is 11.2. The highest BCUT2D eigenvalue weighted by Gasteiger charge is 2.39. The number of carbonyl (C=O) groups is 1. The van der Waals surface area contributed by atoms with E-state index in [9.17, 15) is 4.79 Å². The summed E-state index contributed by atoms with van der Waals surface area (Å²) in [6, 6.07) is 0.202. The first-order chi connectivity index (χ1) is 12.7. The second kappa shape index (κ2) is 8.40. The molecular weight excluding hydrogens is 390 g/mol. The Bertz CT molecular complexity index is 673. The third kappa shape index (κ3) is 6.52. The van der Waals surface area contributed by atoms with Crippen LogP contribution in [0, 0.1) is 5.92 Å². The van der Waals surface area contributed by atoms with Crippen LogP contribution in [0.25, 0.3) is 0 Å². The Morgan fingerprint density at radius 2 is 1.82 bits per heavy atom. The van der Waals surface area contributed by atoms with Crippen LogP contribution in [-0.4, -0.2) is 36.3 Å². The number of rotatable bonds is 6. The summed E-state index contributed by atoms with van der Waals surface area (Å²) in [7, 11) is -1.82. The zero-order chi connectivity index (χ0) is 21.3. The molecule has 0 spiro atoms. The third-order valence-electron chi connectivity index (χ3n) is 5.53. The summed E-state index contributed by atoms with van der Waals surface area (Å²) in [5.41, 5.74) is -0.459. The van der Waals surface area contributed by atoms with Gasteiger partial charge in [-0.2, -0.15) is 0 Å². The van der Waals surface area contributed by atoms with Crippen molar-refractivity contribution in [2.45, 2.75) is 104 Å². The molecule has 1 fully saturated rings. The molecule has 0 aliphatic heterocycles. The molecule has 6 nitrogen and oxygen atoms in total. The summed E-state index contributed by atoms with van der Waals surface area (Å²) in [5, 5.41) is 13.9. The zero-order valence-corrected chi connectivity index (χ0v) is 20.7. The lowest BCUT2D eigenvalue weighted by Crippen LogP contribution is -2.46. The fourth-order valence-corrected chi connectivity index (χ4v) is 5.30. The molecule has 2 rings (SSSR count). The van der Waals surface area contributed by atoms with Gasteiger partial charge in [0, 0.05) is 12.5 Å². The Morgan fingerprint density at radius 1 is 1.21 bits per heavy atom. The van der Waals surface area contributed by atoms with Crippen LogP contribution in [0.15, 0.2) is 0 Å². The normalized spacial score (nSPS) is 21.8. The molecule has 1 aromatic heterocycles. The van der Waals surface area contributed by atoms with Crippen molar-refractivity contribution in [3.05, 3.63) is 10.0 Å². The van der Waals surface area contributed by atoms with E-state index in [4.69, 9.17) is 9.16 Å². The van der Waals surface area contributed by atoms with Crippen molar-refractivity contribution in [2.75, 3.05) is 0 Å². The summed E-state index contributed by atoms with van der Waals surface area (Å²) < 4.78 is 11.7. The highest BCUT2D eigenvalue weighted by Crippen LogP contribution is 2.40. The lowest BCUT2D eigenvalue weighted by molar-refractivity contribution is 0.0452. The first-order valence-electron chi connectivity index (χ1n) is 10.2. The molecule has 1 N–H and O–H groups in total. The van der Waals surface area contributed by atoms with E-state index in [0.29, 0.717) is 5.92 Å². The smallest absolute Gasteiger partial charge is 0.407 e. The minimum absolute atomic E-state index is 0.0184. The first kappa shape index (κ1) is 23.3. The number of amides is 1. The lowest BCUT2D eigenvalue weighted by atomic mass is 9.78.